The Bertz CT molecular complexity index is 92.5. The van der Waals surface area contributed by atoms with Crippen LogP contribution < -0.4 is 5.32 Å². The van der Waals surface area contributed by atoms with Crippen LogP contribution in [0.3, 0.4) is 0 Å². The van der Waals surface area contributed by atoms with Gasteiger partial charge < -0.3 is 10.4 Å². The largest absolute Gasteiger partial charge is 0.393 e. The molecule has 2 nitrogen and oxygen atoms in total. The molecule has 11 heavy (non-hydrogen) atoms. The number of hydrogen-bond donors (Lipinski definition) is 3. The molecule has 0 heterocycles. The second kappa shape index (κ2) is 7.35. The van der Waals surface area contributed by atoms with Gasteiger partial charge in [-0.1, -0.05) is 8.44 Å². The maximum absolute atomic E-state index is 9.10. The molecule has 2 N–H and O–H groups in total. The van der Waals surface area contributed by atoms with Crippen LogP contribution in [0, 0.1) is 5.92 Å². The van der Waals surface area contributed by atoms with Gasteiger partial charge >= 0.3 is 0 Å². The minimum atomic E-state index is -0.0108. The zero-order valence-electron chi connectivity index (χ0n) is 6.95. The first-order valence-corrected chi connectivity index (χ1v) is 5.98. The molecule has 3 atom stereocenters. The van der Waals surface area contributed by atoms with Crippen LogP contribution in [0.1, 0.15) is 19.3 Å². The number of aliphatic hydroxyl groups excluding tert-OH is 1. The fraction of sp³-hybridized carbons (Fsp3) is 1.00. The average molecular weight is 195 g/mol. The Hall–Kier alpha value is 0.700. The molecule has 0 aromatic rings. The maximum Gasteiger partial charge on any atom is 0.0543 e. The summed E-state index contributed by atoms with van der Waals surface area (Å²) in [5, 5.41) is 12.2. The monoisotopic (exact) mass is 195 g/mol. The van der Waals surface area contributed by atoms with E-state index in [1.165, 1.54) is 6.42 Å². The van der Waals surface area contributed by atoms with Gasteiger partial charge in [0.05, 0.1) is 6.10 Å². The van der Waals surface area contributed by atoms with E-state index in [9.17, 15) is 0 Å². The molecule has 1 aliphatic rings. The summed E-state index contributed by atoms with van der Waals surface area (Å²) < 4.78 is 0. The van der Waals surface area contributed by atoms with Gasteiger partial charge in [0.25, 0.3) is 0 Å². The highest BCUT2D eigenvalue weighted by Crippen LogP contribution is 2.24. The van der Waals surface area contributed by atoms with Crippen molar-refractivity contribution >= 4 is 20.7 Å². The number of nitrogens with one attached hydrogen (secondary N) is 1. The van der Waals surface area contributed by atoms with E-state index in [4.69, 9.17) is 5.11 Å². The van der Waals surface area contributed by atoms with Crippen LogP contribution in [0.15, 0.2) is 0 Å². The average Bonchev–Trinajstić information content (AvgIpc) is 2.41. The Morgan fingerprint density at radius 3 is 2.55 bits per heavy atom. The standard InChI is InChI=1S/C7H15NO.H3PS/c1-8-5-6-2-3-7(9)4-6;1-2/h6-9H,2-5H2,1H3;2H,1H2/t6-,7?;/m0./s1. The lowest BCUT2D eigenvalue weighted by Crippen LogP contribution is -2.16. The smallest absolute Gasteiger partial charge is 0.0543 e. The van der Waals surface area contributed by atoms with Crippen LogP contribution in [0.4, 0.5) is 0 Å². The zero-order chi connectivity index (χ0) is 8.69. The van der Waals surface area contributed by atoms with Gasteiger partial charge in [-0.05, 0) is 38.8 Å². The predicted octanol–water partition coefficient (Wildman–Crippen LogP) is 1.07. The van der Waals surface area contributed by atoms with E-state index in [0.717, 1.165) is 25.3 Å². The fourth-order valence-electron chi connectivity index (χ4n) is 1.52. The molecule has 2 unspecified atom stereocenters. The highest BCUT2D eigenvalue weighted by atomic mass is 32.7. The van der Waals surface area contributed by atoms with Crippen LogP contribution in [-0.2, 0) is 0 Å². The molecule has 1 saturated carbocycles. The summed E-state index contributed by atoms with van der Waals surface area (Å²) in [6.45, 7) is 1.07. The fourth-order valence-corrected chi connectivity index (χ4v) is 1.52. The number of rotatable bonds is 2. The van der Waals surface area contributed by atoms with Crippen molar-refractivity contribution in [1.82, 2.24) is 5.32 Å². The molecule has 1 aliphatic carbocycles. The van der Waals surface area contributed by atoms with Gasteiger partial charge in [-0.15, -0.1) is 0 Å². The van der Waals surface area contributed by atoms with Crippen molar-refractivity contribution in [3.63, 3.8) is 0 Å². The SMILES string of the molecule is CNC[C@H]1CCC(O)C1.PS. The number of thiol groups is 1. The molecule has 0 radical (unpaired) electrons. The van der Waals surface area contributed by atoms with Gasteiger partial charge in [0.1, 0.15) is 0 Å². The molecular formula is C7H18NOPS. The third kappa shape index (κ3) is 5.02. The first kappa shape index (κ1) is 11.7. The van der Waals surface area contributed by atoms with E-state index in [2.05, 4.69) is 26.0 Å². The molecule has 1 fully saturated rings. The van der Waals surface area contributed by atoms with Crippen molar-refractivity contribution in [1.29, 1.82) is 0 Å². The number of aliphatic hydroxyl groups is 1. The molecule has 0 amide bonds. The summed E-state index contributed by atoms with van der Waals surface area (Å²) >= 11 is 3.44. The second-order valence-corrected chi connectivity index (χ2v) is 2.89. The van der Waals surface area contributed by atoms with Crippen LogP contribution in [0.2, 0.25) is 0 Å². The minimum Gasteiger partial charge on any atom is -0.393 e. The molecule has 0 saturated heterocycles. The van der Waals surface area contributed by atoms with Crippen molar-refractivity contribution in [2.45, 2.75) is 25.4 Å². The third-order valence-corrected chi connectivity index (χ3v) is 2.01. The van der Waals surface area contributed by atoms with Gasteiger partial charge in [0, 0.05) is 0 Å². The molecule has 68 valence electrons. The van der Waals surface area contributed by atoms with Crippen molar-refractivity contribution in [3.8, 4) is 0 Å². The molecule has 1 rings (SSSR count). The lowest BCUT2D eigenvalue weighted by atomic mass is 10.1. The van der Waals surface area contributed by atoms with Gasteiger partial charge in [-0.25, -0.2) is 0 Å². The maximum atomic E-state index is 9.10. The van der Waals surface area contributed by atoms with Crippen LogP contribution in [-0.4, -0.2) is 24.8 Å². The predicted molar refractivity (Wildman–Crippen MR) is 56.0 cm³/mol. The van der Waals surface area contributed by atoms with Gasteiger partial charge in [0.15, 0.2) is 0 Å². The third-order valence-electron chi connectivity index (χ3n) is 2.01. The number of hydrogen-bond acceptors (Lipinski definition) is 3. The van der Waals surface area contributed by atoms with Crippen molar-refractivity contribution < 1.29 is 5.11 Å². The molecule has 0 aromatic carbocycles. The molecule has 0 spiro atoms. The van der Waals surface area contributed by atoms with Crippen molar-refractivity contribution in [3.05, 3.63) is 0 Å². The second-order valence-electron chi connectivity index (χ2n) is 2.89. The van der Waals surface area contributed by atoms with Crippen molar-refractivity contribution in [2.75, 3.05) is 13.6 Å². The van der Waals surface area contributed by atoms with Crippen LogP contribution in [0.25, 0.3) is 0 Å². The van der Waals surface area contributed by atoms with E-state index in [1.54, 1.807) is 0 Å². The molecule has 4 heteroatoms. The highest BCUT2D eigenvalue weighted by Gasteiger charge is 2.21. The summed E-state index contributed by atoms with van der Waals surface area (Å²) in [4.78, 5) is 0. The normalized spacial score (nSPS) is 29.5. The van der Waals surface area contributed by atoms with Gasteiger partial charge in [0.2, 0.25) is 0 Å². The molecule has 0 aliphatic heterocycles. The zero-order valence-corrected chi connectivity index (χ0v) is 9.00. The first-order valence-electron chi connectivity index (χ1n) is 3.91. The molecule has 0 aromatic heterocycles. The van der Waals surface area contributed by atoms with Gasteiger partial charge in [-0.2, -0.15) is 12.2 Å². The van der Waals surface area contributed by atoms with E-state index in [0.29, 0.717) is 0 Å². The van der Waals surface area contributed by atoms with Crippen LogP contribution >= 0.6 is 20.7 Å². The Kier molecular flexibility index (Phi) is 7.82. The lowest BCUT2D eigenvalue weighted by Gasteiger charge is -2.05. The van der Waals surface area contributed by atoms with E-state index in [-0.39, 0.29) is 6.10 Å². The molecular weight excluding hydrogens is 177 g/mol. The first-order chi connectivity index (χ1) is 5.33. The van der Waals surface area contributed by atoms with E-state index < -0.39 is 0 Å². The molecule has 0 bridgehead atoms. The summed E-state index contributed by atoms with van der Waals surface area (Å²) in [6, 6.07) is 0. The Balaban J connectivity index is 0.000000461. The lowest BCUT2D eigenvalue weighted by molar-refractivity contribution is 0.177. The highest BCUT2D eigenvalue weighted by molar-refractivity contribution is 8.31. The Morgan fingerprint density at radius 2 is 2.18 bits per heavy atom. The minimum absolute atomic E-state index is 0.0108. The topological polar surface area (TPSA) is 32.3 Å². The van der Waals surface area contributed by atoms with Crippen molar-refractivity contribution in [2.24, 2.45) is 5.92 Å². The van der Waals surface area contributed by atoms with E-state index in [1.807, 2.05) is 7.05 Å². The summed E-state index contributed by atoms with van der Waals surface area (Å²) in [5.74, 6) is 0.727. The Morgan fingerprint density at radius 1 is 1.55 bits per heavy atom. The summed E-state index contributed by atoms with van der Waals surface area (Å²) in [5.41, 5.74) is 0. The Labute approximate surface area is 76.5 Å². The van der Waals surface area contributed by atoms with Crippen LogP contribution in [0.5, 0.6) is 0 Å². The summed E-state index contributed by atoms with van der Waals surface area (Å²) in [6.07, 6.45) is 3.19. The van der Waals surface area contributed by atoms with E-state index >= 15 is 0 Å². The van der Waals surface area contributed by atoms with Gasteiger partial charge in [-0.3, -0.25) is 0 Å². The quantitative estimate of drug-likeness (QED) is 0.455. The summed E-state index contributed by atoms with van der Waals surface area (Å²) in [7, 11) is 4.07.